The molecule has 0 radical (unpaired) electrons. The quantitative estimate of drug-likeness (QED) is 0.108. The summed E-state index contributed by atoms with van der Waals surface area (Å²) in [5, 5.41) is 0. The average molecular weight is 872 g/mol. The third-order valence-corrected chi connectivity index (χ3v) is 11.3. The van der Waals surface area contributed by atoms with Crippen LogP contribution in [0.15, 0.2) is 97.1 Å². The van der Waals surface area contributed by atoms with E-state index in [-0.39, 0.29) is 35.6 Å². The first-order valence-corrected chi connectivity index (χ1v) is 19.9. The standard InChI is InChI=1S/C21H25.C21H26.C5H5.2ClH.Hf/c1-20(2,3)16-9-7-14-11-15-8-10-17(21(4,5)6)13-19(15)18(14)12-16;1-3-5-7-18-9-13-20(14-10-18)17-21-15-11-19(12-16-21)8-6-4-2;1-2-4-5-3-1;;;/h7,9-10,12-13H,11H2,1-6H3;9-16H,3-8H2,1-2H3;1-3H,4H2;2*1H;/q-1;;-1;;;+2. The van der Waals surface area contributed by atoms with Crippen LogP contribution in [0.1, 0.15) is 132 Å². The Labute approximate surface area is 332 Å². The van der Waals surface area contributed by atoms with Crippen LogP contribution < -0.4 is 0 Å². The van der Waals surface area contributed by atoms with E-state index in [4.69, 9.17) is 0 Å². The summed E-state index contributed by atoms with van der Waals surface area (Å²) < 4.78 is 1.50. The molecule has 2 aliphatic rings. The number of rotatable bonds is 8. The topological polar surface area (TPSA) is 0 Å². The normalized spacial score (nSPS) is 12.4. The molecule has 0 amide bonds. The van der Waals surface area contributed by atoms with Gasteiger partial charge in [0, 0.05) is 0 Å². The fourth-order valence-corrected chi connectivity index (χ4v) is 7.13. The molecule has 0 saturated carbocycles. The second-order valence-electron chi connectivity index (χ2n) is 15.3. The molecule has 0 fully saturated rings. The van der Waals surface area contributed by atoms with Crippen molar-refractivity contribution in [1.29, 1.82) is 0 Å². The van der Waals surface area contributed by atoms with E-state index < -0.39 is 0 Å². The third-order valence-electron chi connectivity index (χ3n) is 9.24. The summed E-state index contributed by atoms with van der Waals surface area (Å²) in [5.74, 6) is 0. The van der Waals surface area contributed by atoms with Crippen molar-refractivity contribution in [3.63, 3.8) is 0 Å². The van der Waals surface area contributed by atoms with Gasteiger partial charge in [0.2, 0.25) is 0 Å². The summed E-state index contributed by atoms with van der Waals surface area (Å²) in [7, 11) is 0. The molecule has 4 aromatic rings. The van der Waals surface area contributed by atoms with E-state index in [1.807, 2.05) is 12.2 Å². The van der Waals surface area contributed by atoms with Crippen molar-refractivity contribution in [3.05, 3.63) is 154 Å². The first kappa shape index (κ1) is 43.8. The zero-order chi connectivity index (χ0) is 34.7. The van der Waals surface area contributed by atoms with E-state index in [1.165, 1.54) is 97.4 Å². The van der Waals surface area contributed by atoms with Crippen LogP contribution in [0.25, 0.3) is 11.1 Å². The predicted molar refractivity (Wildman–Crippen MR) is 220 cm³/mol. The Morgan fingerprint density at radius 2 is 1.20 bits per heavy atom. The molecule has 3 heteroatoms. The van der Waals surface area contributed by atoms with Crippen LogP contribution in [0.4, 0.5) is 0 Å². The minimum Gasteiger partial charge on any atom is -0.273 e. The van der Waals surface area contributed by atoms with Crippen LogP contribution >= 0.6 is 24.8 Å². The Bertz CT molecular complexity index is 1570. The average Bonchev–Trinajstić information content (AvgIpc) is 3.78. The predicted octanol–water partition coefficient (Wildman–Crippen LogP) is 13.3. The molecule has 50 heavy (non-hydrogen) atoms. The molecular formula is C47H58Cl2Hf. The van der Waals surface area contributed by atoms with E-state index in [0.717, 1.165) is 36.7 Å². The van der Waals surface area contributed by atoms with Gasteiger partial charge in [-0.2, -0.15) is 35.4 Å². The van der Waals surface area contributed by atoms with Gasteiger partial charge in [-0.15, -0.1) is 36.8 Å². The maximum atomic E-state index is 3.53. The Morgan fingerprint density at radius 3 is 1.62 bits per heavy atom. The molecule has 2 aliphatic carbocycles. The van der Waals surface area contributed by atoms with Crippen molar-refractivity contribution < 1.29 is 23.9 Å². The maximum Gasteiger partial charge on any atom is -0.109 e. The molecule has 0 spiro atoms. The second kappa shape index (κ2) is 20.7. The largest absolute Gasteiger partial charge is 0.273 e. The number of allylic oxidation sites excluding steroid dienone is 4. The SMILES string of the molecule is CC(C)(C)c1c[c-]c2c(c1)-c1cc(C(C)(C)C)ccc1C2.CCCCc1ccc([C](=[Hf+2])c2ccc(CCCC)cc2)cc1.Cl.Cl.[C-]1=CC=CC1. The summed E-state index contributed by atoms with van der Waals surface area (Å²) in [6.07, 6.45) is 18.6. The molecule has 0 aliphatic heterocycles. The van der Waals surface area contributed by atoms with Crippen molar-refractivity contribution in [1.82, 2.24) is 0 Å². The minimum absolute atomic E-state index is 0. The molecule has 0 N–H and O–H groups in total. The van der Waals surface area contributed by atoms with Gasteiger partial charge in [0.1, 0.15) is 0 Å². The molecule has 0 unspecified atom stereocenters. The van der Waals surface area contributed by atoms with Gasteiger partial charge >= 0.3 is 150 Å². The number of fused-ring (bicyclic) bond motifs is 3. The van der Waals surface area contributed by atoms with Crippen LogP contribution in [-0.2, 0) is 54.0 Å². The second-order valence-corrected chi connectivity index (χ2v) is 17.1. The van der Waals surface area contributed by atoms with E-state index >= 15 is 0 Å². The molecule has 0 saturated heterocycles. The third kappa shape index (κ3) is 12.7. The van der Waals surface area contributed by atoms with Crippen molar-refractivity contribution in [2.75, 3.05) is 0 Å². The van der Waals surface area contributed by atoms with Crippen LogP contribution in [0.5, 0.6) is 0 Å². The van der Waals surface area contributed by atoms with E-state index in [2.05, 4.69) is 152 Å². The Hall–Kier alpha value is -2.32. The number of aryl methyl sites for hydroxylation is 2. The molecule has 0 atom stereocenters. The van der Waals surface area contributed by atoms with E-state index in [1.54, 1.807) is 0 Å². The van der Waals surface area contributed by atoms with Crippen molar-refractivity contribution in [3.8, 4) is 11.1 Å². The zero-order valence-electron chi connectivity index (χ0n) is 31.7. The van der Waals surface area contributed by atoms with Crippen LogP contribution in [-0.4, -0.2) is 3.26 Å². The fourth-order valence-electron chi connectivity index (χ4n) is 5.93. The number of unbranched alkanes of at least 4 members (excludes halogenated alkanes) is 2. The minimum atomic E-state index is 0. The van der Waals surface area contributed by atoms with Crippen LogP contribution in [0.3, 0.4) is 0 Å². The smallest absolute Gasteiger partial charge is 0.109 e. The molecule has 0 bridgehead atoms. The molecule has 0 aromatic heterocycles. The molecule has 0 heterocycles. The molecular weight excluding hydrogens is 814 g/mol. The number of hydrogen-bond acceptors (Lipinski definition) is 0. The van der Waals surface area contributed by atoms with Crippen molar-refractivity contribution in [2.45, 2.75) is 118 Å². The fraction of sp³-hybridized carbons (Fsp3) is 0.383. The van der Waals surface area contributed by atoms with Gasteiger partial charge in [-0.05, 0) is 17.4 Å². The number of hydrogen-bond donors (Lipinski definition) is 0. The van der Waals surface area contributed by atoms with Crippen LogP contribution in [0.2, 0.25) is 0 Å². The molecule has 6 rings (SSSR count). The van der Waals surface area contributed by atoms with Gasteiger partial charge in [0.05, 0.1) is 0 Å². The van der Waals surface area contributed by atoms with E-state index in [9.17, 15) is 0 Å². The zero-order valence-corrected chi connectivity index (χ0v) is 36.9. The molecule has 0 nitrogen and oxygen atoms in total. The van der Waals surface area contributed by atoms with Gasteiger partial charge in [0.25, 0.3) is 0 Å². The van der Waals surface area contributed by atoms with Gasteiger partial charge < -0.3 is 0 Å². The Kier molecular flexibility index (Phi) is 18.1. The Morgan fingerprint density at radius 1 is 0.680 bits per heavy atom. The first-order chi connectivity index (χ1) is 22.9. The summed E-state index contributed by atoms with van der Waals surface area (Å²) in [6, 6.07) is 33.5. The maximum absolute atomic E-state index is 3.53. The van der Waals surface area contributed by atoms with Gasteiger partial charge in [-0.1, -0.05) is 76.3 Å². The van der Waals surface area contributed by atoms with Gasteiger partial charge in [-0.25, -0.2) is 12.2 Å². The number of benzene rings is 4. The van der Waals surface area contributed by atoms with Gasteiger partial charge in [-0.3, -0.25) is 6.08 Å². The van der Waals surface area contributed by atoms with Crippen molar-refractivity contribution in [2.24, 2.45) is 0 Å². The molecule has 264 valence electrons. The molecule has 4 aromatic carbocycles. The summed E-state index contributed by atoms with van der Waals surface area (Å²) >= 11 is 1.08. The summed E-state index contributed by atoms with van der Waals surface area (Å²) in [4.78, 5) is 0. The summed E-state index contributed by atoms with van der Waals surface area (Å²) in [6.45, 7) is 18.1. The van der Waals surface area contributed by atoms with Crippen LogP contribution in [0, 0.1) is 12.1 Å². The number of halogens is 2. The summed E-state index contributed by atoms with van der Waals surface area (Å²) in [5.41, 5.74) is 14.5. The van der Waals surface area contributed by atoms with Gasteiger partial charge in [0.15, 0.2) is 0 Å². The monoisotopic (exact) mass is 872 g/mol. The van der Waals surface area contributed by atoms with Crippen molar-refractivity contribution >= 4 is 28.1 Å². The first-order valence-electron chi connectivity index (χ1n) is 18.1. The van der Waals surface area contributed by atoms with E-state index in [0.29, 0.717) is 0 Å². The Balaban J connectivity index is 0.000000293.